The van der Waals surface area contributed by atoms with Crippen molar-refractivity contribution >= 4 is 17.3 Å². The van der Waals surface area contributed by atoms with Gasteiger partial charge in [0.2, 0.25) is 5.91 Å². The van der Waals surface area contributed by atoms with Gasteiger partial charge in [-0.2, -0.15) is 13.2 Å². The van der Waals surface area contributed by atoms with E-state index in [1.54, 1.807) is 43.4 Å². The number of benzene rings is 2. The molecule has 1 heterocycles. The number of rotatable bonds is 4. The van der Waals surface area contributed by atoms with Gasteiger partial charge in [-0.3, -0.25) is 4.79 Å². The lowest BCUT2D eigenvalue weighted by atomic mass is 10.1. The van der Waals surface area contributed by atoms with Gasteiger partial charge in [-0.25, -0.2) is 0 Å². The zero-order valence-corrected chi connectivity index (χ0v) is 14.7. The van der Waals surface area contributed by atoms with Crippen LogP contribution in [0.1, 0.15) is 11.1 Å². The summed E-state index contributed by atoms with van der Waals surface area (Å²) in [5.41, 5.74) is 1.09. The quantitative estimate of drug-likeness (QED) is 0.668. The van der Waals surface area contributed by atoms with Gasteiger partial charge >= 0.3 is 6.18 Å². The maximum Gasteiger partial charge on any atom is 0.416 e. The number of alkyl halides is 3. The molecular formula is C19H18F3N3O2. The summed E-state index contributed by atoms with van der Waals surface area (Å²) in [7, 11) is 3.61. The number of amides is 1. The van der Waals surface area contributed by atoms with Crippen LogP contribution in [-0.4, -0.2) is 24.9 Å². The van der Waals surface area contributed by atoms with Crippen molar-refractivity contribution < 1.29 is 22.7 Å². The Kier molecular flexibility index (Phi) is 4.98. The number of nitrogens with zero attached hydrogens (tertiary/aromatic N) is 1. The highest BCUT2D eigenvalue weighted by Crippen LogP contribution is 2.44. The molecule has 1 aliphatic heterocycles. The maximum absolute atomic E-state index is 12.9. The summed E-state index contributed by atoms with van der Waals surface area (Å²) in [6, 6.07) is 8.55. The number of hydrogen-bond donors (Lipinski definition) is 2. The van der Waals surface area contributed by atoms with Crippen molar-refractivity contribution in [2.24, 2.45) is 0 Å². The Hall–Kier alpha value is -3.16. The summed E-state index contributed by atoms with van der Waals surface area (Å²) in [6.45, 7) is 0.267. The number of nitrogens with one attached hydrogen (secondary N) is 2. The fraction of sp³-hybridized carbons (Fsp3) is 0.211. The maximum atomic E-state index is 12.9. The number of halogens is 3. The van der Waals surface area contributed by atoms with Gasteiger partial charge in [-0.15, -0.1) is 0 Å². The molecule has 0 saturated heterocycles. The van der Waals surface area contributed by atoms with Crippen LogP contribution in [0.4, 0.5) is 24.5 Å². The minimum Gasteiger partial charge on any atom is -0.453 e. The number of anilines is 2. The van der Waals surface area contributed by atoms with E-state index in [2.05, 4.69) is 10.6 Å². The highest BCUT2D eigenvalue weighted by molar-refractivity contribution is 5.87. The normalized spacial score (nSPS) is 12.6. The molecule has 8 heteroatoms. The molecular weight excluding hydrogens is 359 g/mol. The molecule has 0 aliphatic carbocycles. The Morgan fingerprint density at radius 1 is 1.15 bits per heavy atom. The smallest absolute Gasteiger partial charge is 0.416 e. The summed E-state index contributed by atoms with van der Waals surface area (Å²) in [4.78, 5) is 13.5. The van der Waals surface area contributed by atoms with Crippen molar-refractivity contribution in [2.75, 3.05) is 19.4 Å². The topological polar surface area (TPSA) is 53.6 Å². The van der Waals surface area contributed by atoms with Crippen molar-refractivity contribution in [3.63, 3.8) is 0 Å². The second-order valence-corrected chi connectivity index (χ2v) is 6.26. The van der Waals surface area contributed by atoms with Gasteiger partial charge in [0.1, 0.15) is 0 Å². The van der Waals surface area contributed by atoms with Crippen LogP contribution < -0.4 is 15.4 Å². The first kappa shape index (κ1) is 18.6. The first-order valence-electron chi connectivity index (χ1n) is 8.14. The fourth-order valence-electron chi connectivity index (χ4n) is 2.48. The molecule has 0 unspecified atom stereocenters. The van der Waals surface area contributed by atoms with E-state index in [4.69, 9.17) is 4.74 Å². The number of hydrogen-bond acceptors (Lipinski definition) is 4. The van der Waals surface area contributed by atoms with Crippen molar-refractivity contribution in [3.05, 3.63) is 59.8 Å². The second-order valence-electron chi connectivity index (χ2n) is 6.26. The van der Waals surface area contributed by atoms with E-state index >= 15 is 0 Å². The Bertz CT molecular complexity index is 892. The van der Waals surface area contributed by atoms with Crippen LogP contribution in [0.15, 0.2) is 48.7 Å². The molecule has 0 aromatic heterocycles. The van der Waals surface area contributed by atoms with Crippen molar-refractivity contribution in [2.45, 2.75) is 12.7 Å². The SMILES string of the molecule is CN(C)C=CC(=O)NCc1ccc2c(c1)Oc1cc(C(F)(F)F)ccc1N2. The zero-order valence-electron chi connectivity index (χ0n) is 14.7. The van der Waals surface area contributed by atoms with Crippen LogP contribution >= 0.6 is 0 Å². The Morgan fingerprint density at radius 2 is 1.81 bits per heavy atom. The summed E-state index contributed by atoms with van der Waals surface area (Å²) in [6.07, 6.45) is -1.40. The van der Waals surface area contributed by atoms with Crippen LogP contribution in [0, 0.1) is 0 Å². The summed E-state index contributed by atoms with van der Waals surface area (Å²) in [5.74, 6) is 0.255. The van der Waals surface area contributed by atoms with Gasteiger partial charge in [0, 0.05) is 32.9 Å². The number of fused-ring (bicyclic) bond motifs is 2. The van der Waals surface area contributed by atoms with Crippen molar-refractivity contribution in [1.29, 1.82) is 0 Å². The van der Waals surface area contributed by atoms with Gasteiger partial charge in [-0.05, 0) is 35.9 Å². The van der Waals surface area contributed by atoms with Crippen LogP contribution in [-0.2, 0) is 17.5 Å². The average molecular weight is 377 g/mol. The minimum atomic E-state index is -4.44. The molecule has 27 heavy (non-hydrogen) atoms. The molecule has 0 radical (unpaired) electrons. The van der Waals surface area contributed by atoms with Crippen LogP contribution in [0.3, 0.4) is 0 Å². The molecule has 0 fully saturated rings. The summed E-state index contributed by atoms with van der Waals surface area (Å²) >= 11 is 0. The van der Waals surface area contributed by atoms with Crippen LogP contribution in [0.25, 0.3) is 0 Å². The van der Waals surface area contributed by atoms with E-state index < -0.39 is 11.7 Å². The minimum absolute atomic E-state index is 0.104. The first-order chi connectivity index (χ1) is 12.7. The summed E-state index contributed by atoms with van der Waals surface area (Å²) in [5, 5.41) is 5.78. The highest BCUT2D eigenvalue weighted by Gasteiger charge is 2.32. The molecule has 1 aliphatic rings. The largest absolute Gasteiger partial charge is 0.453 e. The van der Waals surface area contributed by atoms with E-state index in [0.717, 1.165) is 17.7 Å². The number of carbonyl (C=O) groups excluding carboxylic acids is 1. The van der Waals surface area contributed by atoms with Gasteiger partial charge in [0.15, 0.2) is 11.5 Å². The van der Waals surface area contributed by atoms with E-state index in [0.29, 0.717) is 17.1 Å². The standard InChI is InChI=1S/C19H18F3N3O2/c1-25(2)8-7-18(26)23-11-12-3-5-14-16(9-12)27-17-10-13(19(20,21)22)4-6-15(17)24-14/h3-10,24H,11H2,1-2H3,(H,23,26). The van der Waals surface area contributed by atoms with Crippen molar-refractivity contribution in [1.82, 2.24) is 10.2 Å². The van der Waals surface area contributed by atoms with E-state index in [1.807, 2.05) is 0 Å². The Morgan fingerprint density at radius 3 is 2.48 bits per heavy atom. The van der Waals surface area contributed by atoms with Gasteiger partial charge < -0.3 is 20.3 Å². The molecule has 2 aromatic carbocycles. The molecule has 5 nitrogen and oxygen atoms in total. The third kappa shape index (κ3) is 4.52. The fourth-order valence-corrected chi connectivity index (χ4v) is 2.48. The Labute approximate surface area is 154 Å². The lowest BCUT2D eigenvalue weighted by molar-refractivity contribution is -0.137. The first-order valence-corrected chi connectivity index (χ1v) is 8.14. The predicted octanol–water partition coefficient (Wildman–Crippen LogP) is 4.25. The molecule has 0 bridgehead atoms. The number of ether oxygens (including phenoxy) is 1. The van der Waals surface area contributed by atoms with Crippen LogP contribution in [0.2, 0.25) is 0 Å². The molecule has 0 spiro atoms. The molecule has 2 N–H and O–H groups in total. The Balaban J connectivity index is 1.73. The third-order valence-corrected chi connectivity index (χ3v) is 3.84. The van der Waals surface area contributed by atoms with Gasteiger partial charge in [0.25, 0.3) is 0 Å². The van der Waals surface area contributed by atoms with Gasteiger partial charge in [0.05, 0.1) is 16.9 Å². The molecule has 0 atom stereocenters. The van der Waals surface area contributed by atoms with E-state index in [1.165, 1.54) is 12.1 Å². The van der Waals surface area contributed by atoms with E-state index in [9.17, 15) is 18.0 Å². The predicted molar refractivity (Wildman–Crippen MR) is 95.9 cm³/mol. The van der Waals surface area contributed by atoms with E-state index in [-0.39, 0.29) is 18.2 Å². The lowest BCUT2D eigenvalue weighted by Crippen LogP contribution is -2.21. The van der Waals surface area contributed by atoms with Crippen molar-refractivity contribution in [3.8, 4) is 11.5 Å². The monoisotopic (exact) mass is 377 g/mol. The second kappa shape index (κ2) is 7.22. The molecule has 2 aromatic rings. The zero-order chi connectivity index (χ0) is 19.6. The summed E-state index contributed by atoms with van der Waals surface area (Å²) < 4.78 is 44.3. The van der Waals surface area contributed by atoms with Crippen LogP contribution in [0.5, 0.6) is 11.5 Å². The molecule has 1 amide bonds. The van der Waals surface area contributed by atoms with Gasteiger partial charge in [-0.1, -0.05) is 6.07 Å². The highest BCUT2D eigenvalue weighted by atomic mass is 19.4. The third-order valence-electron chi connectivity index (χ3n) is 3.84. The average Bonchev–Trinajstić information content (AvgIpc) is 2.61. The molecule has 3 rings (SSSR count). The number of carbonyl (C=O) groups is 1. The lowest BCUT2D eigenvalue weighted by Gasteiger charge is -2.23. The molecule has 0 saturated carbocycles. The molecule has 142 valence electrons.